The molecule has 2 amide bonds. The van der Waals surface area contributed by atoms with Gasteiger partial charge in [0, 0.05) is 55.1 Å². The molecule has 0 aromatic carbocycles. The van der Waals surface area contributed by atoms with Crippen LogP contribution in [0.3, 0.4) is 0 Å². The molecule has 1 unspecified atom stereocenters. The summed E-state index contributed by atoms with van der Waals surface area (Å²) in [7, 11) is 1.84. The molecular weight excluding hydrogens is 440 g/mol. The first kappa shape index (κ1) is 22.5. The molecule has 10 heteroatoms. The monoisotopic (exact) mass is 464 g/mol. The number of rotatable bonds is 6. The number of amides is 2. The Hall–Kier alpha value is -3.71. The van der Waals surface area contributed by atoms with Crippen LogP contribution in [0.2, 0.25) is 0 Å². The van der Waals surface area contributed by atoms with E-state index in [1.54, 1.807) is 28.1 Å². The third-order valence-corrected chi connectivity index (χ3v) is 6.74. The fourth-order valence-corrected chi connectivity index (χ4v) is 4.98. The molecule has 3 aromatic heterocycles. The molecular formula is C23H24N6O3S. The minimum Gasteiger partial charge on any atom is -0.441 e. The summed E-state index contributed by atoms with van der Waals surface area (Å²) in [6.45, 7) is 2.83. The number of imidazole rings is 1. The van der Waals surface area contributed by atoms with Gasteiger partial charge < -0.3 is 19.5 Å². The number of pyridine rings is 1. The molecule has 170 valence electrons. The second-order valence-electron chi connectivity index (χ2n) is 7.91. The van der Waals surface area contributed by atoms with E-state index < -0.39 is 6.09 Å². The second kappa shape index (κ2) is 9.83. The average molecular weight is 465 g/mol. The van der Waals surface area contributed by atoms with E-state index in [-0.39, 0.29) is 24.9 Å². The molecule has 9 nitrogen and oxygen atoms in total. The fourth-order valence-electron chi connectivity index (χ4n) is 3.75. The molecule has 1 N–H and O–H groups in total. The Bertz CT molecular complexity index is 1200. The first-order valence-corrected chi connectivity index (χ1v) is 11.4. The van der Waals surface area contributed by atoms with Gasteiger partial charge >= 0.3 is 6.09 Å². The van der Waals surface area contributed by atoms with Crippen LogP contribution in [0.1, 0.15) is 46.8 Å². The zero-order valence-corrected chi connectivity index (χ0v) is 19.3. The van der Waals surface area contributed by atoms with Crippen molar-refractivity contribution in [3.63, 3.8) is 0 Å². The van der Waals surface area contributed by atoms with Crippen LogP contribution in [0.4, 0.5) is 9.80 Å². The number of nitriles is 1. The Balaban J connectivity index is 1.40. The first-order chi connectivity index (χ1) is 16.0. The van der Waals surface area contributed by atoms with E-state index in [0.717, 1.165) is 16.1 Å². The Morgan fingerprint density at radius 1 is 1.33 bits per heavy atom. The average Bonchev–Trinajstić information content (AvgIpc) is 3.39. The summed E-state index contributed by atoms with van der Waals surface area (Å²) in [6.07, 6.45) is 5.52. The number of hydrogen-bond donors (Lipinski definition) is 1. The number of fused-ring (bicyclic) bond motifs is 1. The highest BCUT2D eigenvalue weighted by Crippen LogP contribution is 2.37. The lowest BCUT2D eigenvalue weighted by Gasteiger charge is -2.26. The van der Waals surface area contributed by atoms with E-state index in [1.165, 1.54) is 11.3 Å². The molecule has 1 aliphatic rings. The van der Waals surface area contributed by atoms with Crippen LogP contribution in [0.5, 0.6) is 0 Å². The highest BCUT2D eigenvalue weighted by Gasteiger charge is 2.28. The number of carbonyl (C=O) groups is 2. The van der Waals surface area contributed by atoms with Gasteiger partial charge in [0.25, 0.3) is 0 Å². The number of nitrogens with one attached hydrogen (secondary N) is 1. The van der Waals surface area contributed by atoms with Crippen molar-refractivity contribution in [3.05, 3.63) is 64.3 Å². The van der Waals surface area contributed by atoms with Crippen LogP contribution < -0.4 is 5.32 Å². The minimum absolute atomic E-state index is 0.0460. The Kier molecular flexibility index (Phi) is 6.70. The van der Waals surface area contributed by atoms with Crippen molar-refractivity contribution in [3.8, 4) is 6.07 Å². The Labute approximate surface area is 195 Å². The van der Waals surface area contributed by atoms with Gasteiger partial charge in [0.15, 0.2) is 6.61 Å². The molecule has 0 bridgehead atoms. The number of ether oxygens (including phenoxy) is 1. The van der Waals surface area contributed by atoms with E-state index in [4.69, 9.17) is 4.74 Å². The molecule has 4 heterocycles. The van der Waals surface area contributed by atoms with Crippen LogP contribution in [-0.2, 0) is 36.2 Å². The molecule has 33 heavy (non-hydrogen) atoms. The third-order valence-electron chi connectivity index (χ3n) is 5.61. The van der Waals surface area contributed by atoms with E-state index in [9.17, 15) is 14.9 Å². The van der Waals surface area contributed by atoms with Crippen LogP contribution >= 0.6 is 11.3 Å². The highest BCUT2D eigenvalue weighted by atomic mass is 32.1. The van der Waals surface area contributed by atoms with Gasteiger partial charge in [0.1, 0.15) is 16.9 Å². The van der Waals surface area contributed by atoms with Crippen molar-refractivity contribution in [1.82, 2.24) is 19.4 Å². The molecule has 3 aromatic rings. The molecule has 0 radical (unpaired) electrons. The molecule has 1 aliphatic heterocycles. The number of nitrogens with zero attached hydrogens (tertiary/aromatic N) is 5. The molecule has 0 fully saturated rings. The maximum atomic E-state index is 12.6. The van der Waals surface area contributed by atoms with E-state index >= 15 is 0 Å². The summed E-state index contributed by atoms with van der Waals surface area (Å²) in [6, 6.07) is 7.85. The van der Waals surface area contributed by atoms with E-state index in [1.807, 2.05) is 32.2 Å². The van der Waals surface area contributed by atoms with Crippen molar-refractivity contribution < 1.29 is 14.3 Å². The quantitative estimate of drug-likeness (QED) is 0.597. The second-order valence-corrected chi connectivity index (χ2v) is 9.01. The lowest BCUT2D eigenvalue weighted by molar-refractivity contribution is -0.116. The molecule has 0 saturated heterocycles. The smallest absolute Gasteiger partial charge is 0.410 e. The Morgan fingerprint density at radius 2 is 2.18 bits per heavy atom. The topological polar surface area (TPSA) is 113 Å². The summed E-state index contributed by atoms with van der Waals surface area (Å²) in [4.78, 5) is 36.1. The summed E-state index contributed by atoms with van der Waals surface area (Å²) < 4.78 is 7.20. The summed E-state index contributed by atoms with van der Waals surface area (Å²) in [5, 5.41) is 13.1. The van der Waals surface area contributed by atoms with Crippen LogP contribution in [0.25, 0.3) is 0 Å². The van der Waals surface area contributed by atoms with E-state index in [2.05, 4.69) is 21.4 Å². The number of hydrogen-bond acceptors (Lipinski definition) is 7. The van der Waals surface area contributed by atoms with Crippen molar-refractivity contribution in [2.24, 2.45) is 7.05 Å². The predicted octanol–water partition coefficient (Wildman–Crippen LogP) is 3.58. The Morgan fingerprint density at radius 3 is 2.88 bits per heavy atom. The predicted molar refractivity (Wildman–Crippen MR) is 122 cm³/mol. The molecule has 1 atom stereocenters. The number of thiophene rings is 1. The lowest BCUT2D eigenvalue weighted by Crippen LogP contribution is -2.36. The zero-order chi connectivity index (χ0) is 23.4. The van der Waals surface area contributed by atoms with Gasteiger partial charge in [-0.15, -0.1) is 11.3 Å². The molecule has 4 rings (SSSR count). The maximum absolute atomic E-state index is 12.6. The number of carbonyl (C=O) groups excluding carboxylic acids is 2. The lowest BCUT2D eigenvalue weighted by atomic mass is 10.0. The normalized spacial score (nSPS) is 13.7. The van der Waals surface area contributed by atoms with Gasteiger partial charge in [-0.2, -0.15) is 5.26 Å². The first-order valence-electron chi connectivity index (χ1n) is 10.6. The number of anilines is 1. The standard InChI is InChI=1S/C23H24N6O3S/c1-15(18-5-3-4-7-25-18)11-21(30)27-22-17(12-24)16-6-9-29(13-19(16)33-22)23(31)32-14-20-26-8-10-28(20)2/h3-5,7-8,10,15H,6,9,11,13-14H2,1-2H3,(H,27,30). The van der Waals surface area contributed by atoms with Crippen molar-refractivity contribution in [2.75, 3.05) is 11.9 Å². The summed E-state index contributed by atoms with van der Waals surface area (Å²) >= 11 is 1.34. The van der Waals surface area contributed by atoms with Crippen molar-refractivity contribution in [2.45, 2.75) is 38.8 Å². The third kappa shape index (κ3) is 5.04. The van der Waals surface area contributed by atoms with Gasteiger partial charge in [-0.05, 0) is 24.1 Å². The SMILES string of the molecule is CC(CC(=O)Nc1sc2c(c1C#N)CCN(C(=O)OCc1nccn1C)C2)c1ccccn1. The van der Waals surface area contributed by atoms with Gasteiger partial charge in [-0.1, -0.05) is 13.0 Å². The highest BCUT2D eigenvalue weighted by molar-refractivity contribution is 7.16. The fraction of sp³-hybridized carbons (Fsp3) is 0.348. The van der Waals surface area contributed by atoms with Gasteiger partial charge in [0.05, 0.1) is 12.1 Å². The summed E-state index contributed by atoms with van der Waals surface area (Å²) in [5.74, 6) is 0.443. The van der Waals surface area contributed by atoms with Gasteiger partial charge in [-0.3, -0.25) is 9.78 Å². The molecule has 0 spiro atoms. The maximum Gasteiger partial charge on any atom is 0.410 e. The number of aryl methyl sites for hydroxylation is 1. The van der Waals surface area contributed by atoms with Crippen LogP contribution in [0.15, 0.2) is 36.8 Å². The zero-order valence-electron chi connectivity index (χ0n) is 18.4. The molecule has 0 saturated carbocycles. The minimum atomic E-state index is -0.426. The molecule has 0 aliphatic carbocycles. The van der Waals surface area contributed by atoms with Crippen molar-refractivity contribution >= 4 is 28.3 Å². The number of aromatic nitrogens is 3. The largest absolute Gasteiger partial charge is 0.441 e. The van der Waals surface area contributed by atoms with Crippen LogP contribution in [-0.4, -0.2) is 38.0 Å². The van der Waals surface area contributed by atoms with Gasteiger partial charge in [0.2, 0.25) is 5.91 Å². The van der Waals surface area contributed by atoms with E-state index in [0.29, 0.717) is 35.9 Å². The van der Waals surface area contributed by atoms with Gasteiger partial charge in [-0.25, -0.2) is 9.78 Å². The van der Waals surface area contributed by atoms with Crippen LogP contribution in [0, 0.1) is 11.3 Å². The van der Waals surface area contributed by atoms with Crippen molar-refractivity contribution in [1.29, 1.82) is 5.26 Å². The summed E-state index contributed by atoms with van der Waals surface area (Å²) in [5.41, 5.74) is 2.22.